The summed E-state index contributed by atoms with van der Waals surface area (Å²) in [5.41, 5.74) is 0.147. The molecule has 0 spiro atoms. The van der Waals surface area contributed by atoms with Gasteiger partial charge in [-0.3, -0.25) is 0 Å². The molecule has 0 saturated heterocycles. The van der Waals surface area contributed by atoms with Gasteiger partial charge in [0.2, 0.25) is 0 Å². The number of aromatic carboxylic acids is 1. The Morgan fingerprint density at radius 3 is 3.00 bits per heavy atom. The summed E-state index contributed by atoms with van der Waals surface area (Å²) in [5.74, 6) is -0.211. The maximum atomic E-state index is 10.7. The Balaban J connectivity index is 2.11. The molecule has 1 aliphatic rings. The first-order valence-electron chi connectivity index (χ1n) is 5.43. The lowest BCUT2D eigenvalue weighted by Gasteiger charge is -2.27. The van der Waals surface area contributed by atoms with Gasteiger partial charge in [-0.05, 0) is 18.8 Å². The van der Waals surface area contributed by atoms with E-state index in [-0.39, 0.29) is 5.69 Å². The van der Waals surface area contributed by atoms with E-state index in [2.05, 4.69) is 11.9 Å². The van der Waals surface area contributed by atoms with Gasteiger partial charge < -0.3 is 9.67 Å². The normalized spacial score (nSPS) is 26.5. The van der Waals surface area contributed by atoms with Crippen LogP contribution in [-0.4, -0.2) is 20.6 Å². The van der Waals surface area contributed by atoms with E-state index in [4.69, 9.17) is 5.11 Å². The van der Waals surface area contributed by atoms with Crippen LogP contribution in [0.2, 0.25) is 0 Å². The van der Waals surface area contributed by atoms with Crippen molar-refractivity contribution in [2.45, 2.75) is 38.6 Å². The molecule has 1 aromatic rings. The highest BCUT2D eigenvalue weighted by atomic mass is 16.4. The van der Waals surface area contributed by atoms with Gasteiger partial charge >= 0.3 is 5.97 Å². The number of imidazole rings is 1. The summed E-state index contributed by atoms with van der Waals surface area (Å²) in [7, 11) is 0. The van der Waals surface area contributed by atoms with E-state index in [0.29, 0.717) is 6.04 Å². The molecule has 1 aromatic heterocycles. The SMILES string of the molecule is CC1CCCC(n2cnc(C(=O)O)c2)C1. The molecule has 0 radical (unpaired) electrons. The summed E-state index contributed by atoms with van der Waals surface area (Å²) in [6.07, 6.45) is 8.08. The van der Waals surface area contributed by atoms with Crippen LogP contribution < -0.4 is 0 Å². The fourth-order valence-electron chi connectivity index (χ4n) is 2.32. The Morgan fingerprint density at radius 2 is 2.40 bits per heavy atom. The van der Waals surface area contributed by atoms with Crippen molar-refractivity contribution in [2.24, 2.45) is 5.92 Å². The molecule has 0 bridgehead atoms. The number of rotatable bonds is 2. The Labute approximate surface area is 88.9 Å². The van der Waals surface area contributed by atoms with E-state index in [1.54, 1.807) is 12.5 Å². The van der Waals surface area contributed by atoms with Crippen LogP contribution >= 0.6 is 0 Å². The van der Waals surface area contributed by atoms with Gasteiger partial charge in [-0.2, -0.15) is 0 Å². The molecule has 4 heteroatoms. The van der Waals surface area contributed by atoms with E-state index in [1.807, 2.05) is 4.57 Å². The molecular weight excluding hydrogens is 192 g/mol. The first kappa shape index (κ1) is 10.2. The summed E-state index contributed by atoms with van der Waals surface area (Å²) >= 11 is 0. The second-order valence-corrected chi connectivity index (χ2v) is 4.44. The number of carboxylic acids is 1. The average molecular weight is 208 g/mol. The summed E-state index contributed by atoms with van der Waals surface area (Å²) < 4.78 is 1.96. The molecule has 0 aromatic carbocycles. The fraction of sp³-hybridized carbons (Fsp3) is 0.636. The number of aromatic nitrogens is 2. The van der Waals surface area contributed by atoms with Crippen LogP contribution in [0.3, 0.4) is 0 Å². The topological polar surface area (TPSA) is 55.1 Å². The zero-order chi connectivity index (χ0) is 10.8. The van der Waals surface area contributed by atoms with Gasteiger partial charge in [0.25, 0.3) is 0 Å². The van der Waals surface area contributed by atoms with Gasteiger partial charge in [-0.15, -0.1) is 0 Å². The fourth-order valence-corrected chi connectivity index (χ4v) is 2.32. The number of nitrogens with zero attached hydrogens (tertiary/aromatic N) is 2. The second kappa shape index (κ2) is 4.04. The van der Waals surface area contributed by atoms with Crippen LogP contribution in [0.25, 0.3) is 0 Å². The van der Waals surface area contributed by atoms with Gasteiger partial charge in [-0.1, -0.05) is 19.8 Å². The number of carbonyl (C=O) groups is 1. The minimum absolute atomic E-state index is 0.147. The van der Waals surface area contributed by atoms with Crippen molar-refractivity contribution in [3.05, 3.63) is 18.2 Å². The number of hydrogen-bond acceptors (Lipinski definition) is 2. The van der Waals surface area contributed by atoms with Crippen LogP contribution in [0, 0.1) is 5.92 Å². The highest BCUT2D eigenvalue weighted by Crippen LogP contribution is 2.31. The molecule has 1 aliphatic carbocycles. The average Bonchev–Trinajstić information content (AvgIpc) is 2.66. The standard InChI is InChI=1S/C11H16N2O2/c1-8-3-2-4-9(5-8)13-6-10(11(14)15)12-7-13/h6-9H,2-5H2,1H3,(H,14,15). The maximum absolute atomic E-state index is 10.7. The lowest BCUT2D eigenvalue weighted by molar-refractivity contribution is 0.0691. The molecule has 1 fully saturated rings. The molecule has 4 nitrogen and oxygen atoms in total. The smallest absolute Gasteiger partial charge is 0.356 e. The first-order chi connectivity index (χ1) is 7.16. The lowest BCUT2D eigenvalue weighted by atomic mass is 9.87. The van der Waals surface area contributed by atoms with Crippen molar-refractivity contribution >= 4 is 5.97 Å². The van der Waals surface area contributed by atoms with E-state index in [9.17, 15) is 4.79 Å². The first-order valence-corrected chi connectivity index (χ1v) is 5.43. The number of hydrogen-bond donors (Lipinski definition) is 1. The largest absolute Gasteiger partial charge is 0.476 e. The Bertz CT molecular complexity index is 359. The third kappa shape index (κ3) is 2.19. The van der Waals surface area contributed by atoms with Gasteiger partial charge in [-0.25, -0.2) is 9.78 Å². The van der Waals surface area contributed by atoms with Crippen molar-refractivity contribution in [1.29, 1.82) is 0 Å². The highest BCUT2D eigenvalue weighted by molar-refractivity contribution is 5.84. The molecule has 2 atom stereocenters. The van der Waals surface area contributed by atoms with E-state index >= 15 is 0 Å². The summed E-state index contributed by atoms with van der Waals surface area (Å²) in [4.78, 5) is 14.6. The van der Waals surface area contributed by atoms with Gasteiger partial charge in [0.05, 0.1) is 6.33 Å². The molecule has 2 rings (SSSR count). The molecule has 1 N–H and O–H groups in total. The van der Waals surface area contributed by atoms with Crippen molar-refractivity contribution in [1.82, 2.24) is 9.55 Å². The van der Waals surface area contributed by atoms with Crippen molar-refractivity contribution < 1.29 is 9.90 Å². The summed E-state index contributed by atoms with van der Waals surface area (Å²) in [6, 6.07) is 0.439. The van der Waals surface area contributed by atoms with Crippen LogP contribution in [-0.2, 0) is 0 Å². The Morgan fingerprint density at radius 1 is 1.60 bits per heavy atom. The molecule has 1 saturated carbocycles. The van der Waals surface area contributed by atoms with E-state index < -0.39 is 5.97 Å². The third-order valence-electron chi connectivity index (χ3n) is 3.15. The minimum atomic E-state index is -0.947. The molecule has 15 heavy (non-hydrogen) atoms. The van der Waals surface area contributed by atoms with Crippen molar-refractivity contribution in [3.63, 3.8) is 0 Å². The third-order valence-corrected chi connectivity index (χ3v) is 3.15. The van der Waals surface area contributed by atoms with Crippen molar-refractivity contribution in [3.8, 4) is 0 Å². The zero-order valence-electron chi connectivity index (χ0n) is 8.89. The summed E-state index contributed by atoms with van der Waals surface area (Å²) in [6.45, 7) is 2.25. The molecular formula is C11H16N2O2. The maximum Gasteiger partial charge on any atom is 0.356 e. The zero-order valence-corrected chi connectivity index (χ0v) is 8.89. The monoisotopic (exact) mass is 208 g/mol. The predicted octanol–water partition coefficient (Wildman–Crippen LogP) is 2.33. The quantitative estimate of drug-likeness (QED) is 0.811. The lowest BCUT2D eigenvalue weighted by Crippen LogP contribution is -2.16. The van der Waals surface area contributed by atoms with Crippen LogP contribution in [0.15, 0.2) is 12.5 Å². The van der Waals surface area contributed by atoms with E-state index in [0.717, 1.165) is 18.8 Å². The van der Waals surface area contributed by atoms with E-state index in [1.165, 1.54) is 12.8 Å². The Hall–Kier alpha value is -1.32. The minimum Gasteiger partial charge on any atom is -0.476 e. The Kier molecular flexibility index (Phi) is 2.75. The van der Waals surface area contributed by atoms with Crippen LogP contribution in [0.4, 0.5) is 0 Å². The highest BCUT2D eigenvalue weighted by Gasteiger charge is 2.21. The molecule has 0 aliphatic heterocycles. The molecule has 1 heterocycles. The predicted molar refractivity (Wildman–Crippen MR) is 55.9 cm³/mol. The van der Waals surface area contributed by atoms with Crippen LogP contribution in [0.5, 0.6) is 0 Å². The van der Waals surface area contributed by atoms with Crippen LogP contribution in [0.1, 0.15) is 49.1 Å². The van der Waals surface area contributed by atoms with Gasteiger partial charge in [0, 0.05) is 12.2 Å². The van der Waals surface area contributed by atoms with Crippen molar-refractivity contribution in [2.75, 3.05) is 0 Å². The van der Waals surface area contributed by atoms with Gasteiger partial charge in [0.15, 0.2) is 5.69 Å². The molecule has 0 amide bonds. The molecule has 2 unspecified atom stereocenters. The molecule has 82 valence electrons. The van der Waals surface area contributed by atoms with Gasteiger partial charge in [0.1, 0.15) is 0 Å². The summed E-state index contributed by atoms with van der Waals surface area (Å²) in [5, 5.41) is 8.77. The number of carboxylic acid groups (broad SMARTS) is 1. The second-order valence-electron chi connectivity index (χ2n) is 4.44.